The van der Waals surface area contributed by atoms with Crippen molar-refractivity contribution in [3.05, 3.63) is 53.3 Å². The summed E-state index contributed by atoms with van der Waals surface area (Å²) in [6.45, 7) is 3.27. The zero-order chi connectivity index (χ0) is 14.9. The fourth-order valence-corrected chi connectivity index (χ4v) is 3.49. The second-order valence-electron chi connectivity index (χ2n) is 4.53. The molecule has 4 nitrogen and oxygen atoms in total. The van der Waals surface area contributed by atoms with Gasteiger partial charge in [-0.05, 0) is 37.1 Å². The molecule has 0 aliphatic heterocycles. The third-order valence-corrected chi connectivity index (χ3v) is 4.54. The van der Waals surface area contributed by atoms with E-state index in [1.54, 1.807) is 32.0 Å². The zero-order valence-electron chi connectivity index (χ0n) is 11.1. The van der Waals surface area contributed by atoms with E-state index in [1.807, 2.05) is 0 Å². The van der Waals surface area contributed by atoms with Crippen LogP contribution in [0.5, 0.6) is 0 Å². The molecule has 0 aliphatic rings. The van der Waals surface area contributed by atoms with Gasteiger partial charge in [-0.1, -0.05) is 24.3 Å². The first kappa shape index (κ1) is 14.3. The summed E-state index contributed by atoms with van der Waals surface area (Å²) in [7, 11) is -3.93. The summed E-state index contributed by atoms with van der Waals surface area (Å²) in [6, 6.07) is 9.14. The maximum atomic E-state index is 13.7. The molecule has 0 amide bonds. The molecule has 0 aliphatic carbocycles. The Morgan fingerprint density at radius 3 is 2.25 bits per heavy atom. The number of hydrogen-bond donors (Lipinski definition) is 2. The van der Waals surface area contributed by atoms with Crippen molar-refractivity contribution >= 4 is 21.4 Å². The number of benzene rings is 2. The molecule has 0 fully saturated rings. The number of rotatable bonds is 3. The highest BCUT2D eigenvalue weighted by Gasteiger charge is 2.22. The zero-order valence-corrected chi connectivity index (χ0v) is 12.0. The molecule has 0 spiro atoms. The Morgan fingerprint density at radius 2 is 1.65 bits per heavy atom. The number of nitrogens with two attached hydrogens (primary N) is 1. The second-order valence-corrected chi connectivity index (χ2v) is 6.15. The first-order valence-electron chi connectivity index (χ1n) is 5.96. The van der Waals surface area contributed by atoms with Crippen LogP contribution in [0.4, 0.5) is 15.8 Å². The number of aryl methyl sites for hydroxylation is 2. The van der Waals surface area contributed by atoms with Crippen LogP contribution in [0.25, 0.3) is 0 Å². The number of nitrogens with one attached hydrogen (secondary N) is 1. The highest BCUT2D eigenvalue weighted by atomic mass is 32.2. The van der Waals surface area contributed by atoms with Crippen molar-refractivity contribution in [2.75, 3.05) is 10.5 Å². The molecule has 0 bridgehead atoms. The Kier molecular flexibility index (Phi) is 3.67. The Hall–Kier alpha value is -2.08. The second kappa shape index (κ2) is 5.13. The molecule has 20 heavy (non-hydrogen) atoms. The SMILES string of the molecule is Cc1cccc(F)c1NS(=O)(=O)c1c(C)cccc1N. The van der Waals surface area contributed by atoms with Crippen LogP contribution < -0.4 is 10.5 Å². The van der Waals surface area contributed by atoms with E-state index in [2.05, 4.69) is 4.72 Å². The molecule has 2 rings (SSSR count). The van der Waals surface area contributed by atoms with Crippen molar-refractivity contribution in [2.24, 2.45) is 0 Å². The molecular weight excluding hydrogens is 279 g/mol. The Bertz CT molecular complexity index is 717. The Balaban J connectivity index is 2.53. The average molecular weight is 294 g/mol. The molecule has 0 saturated heterocycles. The molecule has 6 heteroatoms. The van der Waals surface area contributed by atoms with Gasteiger partial charge >= 0.3 is 0 Å². The van der Waals surface area contributed by atoms with Crippen molar-refractivity contribution in [3.63, 3.8) is 0 Å². The summed E-state index contributed by atoms with van der Waals surface area (Å²) in [4.78, 5) is -0.0253. The predicted octanol–water partition coefficient (Wildman–Crippen LogP) is 2.83. The van der Waals surface area contributed by atoms with Crippen LogP contribution in [-0.4, -0.2) is 8.42 Å². The largest absolute Gasteiger partial charge is 0.398 e. The molecule has 0 heterocycles. The molecule has 0 saturated carbocycles. The van der Waals surface area contributed by atoms with Crippen LogP contribution in [0, 0.1) is 19.7 Å². The molecule has 0 radical (unpaired) electrons. The van der Waals surface area contributed by atoms with Crippen molar-refractivity contribution in [1.82, 2.24) is 0 Å². The molecule has 2 aromatic rings. The molecule has 2 aromatic carbocycles. The third kappa shape index (κ3) is 2.60. The van der Waals surface area contributed by atoms with Crippen LogP contribution in [0.3, 0.4) is 0 Å². The van der Waals surface area contributed by atoms with E-state index in [9.17, 15) is 12.8 Å². The van der Waals surface area contributed by atoms with E-state index in [0.717, 1.165) is 0 Å². The summed E-state index contributed by atoms with van der Waals surface area (Å²) < 4.78 is 40.8. The van der Waals surface area contributed by atoms with Crippen LogP contribution in [0.2, 0.25) is 0 Å². The average Bonchev–Trinajstić information content (AvgIpc) is 2.33. The molecule has 0 aromatic heterocycles. The van der Waals surface area contributed by atoms with E-state index in [-0.39, 0.29) is 16.3 Å². The summed E-state index contributed by atoms with van der Waals surface area (Å²) in [6.07, 6.45) is 0. The minimum absolute atomic E-state index is 0.0253. The lowest BCUT2D eigenvalue weighted by molar-refractivity contribution is 0.598. The minimum Gasteiger partial charge on any atom is -0.398 e. The topological polar surface area (TPSA) is 72.2 Å². The summed E-state index contributed by atoms with van der Waals surface area (Å²) in [5.41, 5.74) is 6.80. The van der Waals surface area contributed by atoms with Gasteiger partial charge in [0.1, 0.15) is 10.7 Å². The normalized spacial score (nSPS) is 11.3. The van der Waals surface area contributed by atoms with Gasteiger partial charge in [-0.15, -0.1) is 0 Å². The maximum absolute atomic E-state index is 13.7. The van der Waals surface area contributed by atoms with Gasteiger partial charge in [-0.2, -0.15) is 0 Å². The fourth-order valence-electron chi connectivity index (χ4n) is 1.99. The number of sulfonamides is 1. The van der Waals surface area contributed by atoms with Gasteiger partial charge in [0.25, 0.3) is 10.0 Å². The Labute approximate surface area is 117 Å². The quantitative estimate of drug-likeness (QED) is 0.855. The lowest BCUT2D eigenvalue weighted by atomic mass is 10.2. The summed E-state index contributed by atoms with van der Waals surface area (Å²) >= 11 is 0. The van der Waals surface area contributed by atoms with Crippen LogP contribution in [0.1, 0.15) is 11.1 Å². The molecule has 106 valence electrons. The monoisotopic (exact) mass is 294 g/mol. The van der Waals surface area contributed by atoms with Gasteiger partial charge in [0, 0.05) is 0 Å². The first-order valence-corrected chi connectivity index (χ1v) is 7.44. The number of nitrogen functional groups attached to an aromatic ring is 1. The van der Waals surface area contributed by atoms with Crippen molar-refractivity contribution in [3.8, 4) is 0 Å². The fraction of sp³-hybridized carbons (Fsp3) is 0.143. The van der Waals surface area contributed by atoms with Crippen molar-refractivity contribution < 1.29 is 12.8 Å². The van der Waals surface area contributed by atoms with Gasteiger partial charge in [-0.25, -0.2) is 12.8 Å². The first-order chi connectivity index (χ1) is 9.33. The highest BCUT2D eigenvalue weighted by Crippen LogP contribution is 2.27. The van der Waals surface area contributed by atoms with E-state index >= 15 is 0 Å². The van der Waals surface area contributed by atoms with Gasteiger partial charge < -0.3 is 5.73 Å². The van der Waals surface area contributed by atoms with Gasteiger partial charge in [0.15, 0.2) is 0 Å². The van der Waals surface area contributed by atoms with Crippen LogP contribution in [0.15, 0.2) is 41.3 Å². The number of halogens is 1. The van der Waals surface area contributed by atoms with E-state index < -0.39 is 15.8 Å². The molecule has 3 N–H and O–H groups in total. The van der Waals surface area contributed by atoms with Gasteiger partial charge in [0.05, 0.1) is 11.4 Å². The minimum atomic E-state index is -3.93. The van der Waals surface area contributed by atoms with Crippen molar-refractivity contribution in [1.29, 1.82) is 0 Å². The highest BCUT2D eigenvalue weighted by molar-refractivity contribution is 7.93. The molecule has 0 atom stereocenters. The lowest BCUT2D eigenvalue weighted by Crippen LogP contribution is -2.17. The van der Waals surface area contributed by atoms with E-state index in [0.29, 0.717) is 11.1 Å². The van der Waals surface area contributed by atoms with Crippen LogP contribution in [-0.2, 0) is 10.0 Å². The number of para-hydroxylation sites is 1. The number of anilines is 2. The predicted molar refractivity (Wildman–Crippen MR) is 77.5 cm³/mol. The molecule has 0 unspecified atom stereocenters. The standard InChI is InChI=1S/C14H15FN2O2S/c1-9-5-3-7-11(15)13(9)17-20(18,19)14-10(2)6-4-8-12(14)16/h3-8,17H,16H2,1-2H3. The smallest absolute Gasteiger partial charge is 0.264 e. The lowest BCUT2D eigenvalue weighted by Gasteiger charge is -2.14. The third-order valence-electron chi connectivity index (χ3n) is 2.97. The maximum Gasteiger partial charge on any atom is 0.264 e. The van der Waals surface area contributed by atoms with E-state index in [1.165, 1.54) is 18.2 Å². The van der Waals surface area contributed by atoms with Gasteiger partial charge in [-0.3, -0.25) is 4.72 Å². The molecular formula is C14H15FN2O2S. The summed E-state index contributed by atoms with van der Waals surface area (Å²) in [5, 5.41) is 0. The van der Waals surface area contributed by atoms with Crippen molar-refractivity contribution in [2.45, 2.75) is 18.7 Å². The van der Waals surface area contributed by atoms with Crippen LogP contribution >= 0.6 is 0 Å². The number of hydrogen-bond acceptors (Lipinski definition) is 3. The summed E-state index contributed by atoms with van der Waals surface area (Å²) in [5.74, 6) is -0.624. The Morgan fingerprint density at radius 1 is 1.05 bits per heavy atom. The van der Waals surface area contributed by atoms with E-state index in [4.69, 9.17) is 5.73 Å². The van der Waals surface area contributed by atoms with Gasteiger partial charge in [0.2, 0.25) is 0 Å².